The fraction of sp³-hybridized carbons (Fsp3) is 0.385. The van der Waals surface area contributed by atoms with E-state index in [-0.39, 0.29) is 41.9 Å². The van der Waals surface area contributed by atoms with Crippen LogP contribution in [0.1, 0.15) is 13.8 Å². The van der Waals surface area contributed by atoms with E-state index >= 15 is 0 Å². The molecule has 0 radical (unpaired) electrons. The second kappa shape index (κ2) is 13.6. The van der Waals surface area contributed by atoms with E-state index in [9.17, 15) is 8.42 Å². The van der Waals surface area contributed by atoms with Gasteiger partial charge in [0.15, 0.2) is 0 Å². The van der Waals surface area contributed by atoms with E-state index in [2.05, 4.69) is 14.9 Å². The van der Waals surface area contributed by atoms with Crippen LogP contribution in [-0.2, 0) is 19.3 Å². The van der Waals surface area contributed by atoms with Crippen molar-refractivity contribution in [3.05, 3.63) is 43.0 Å². The zero-order chi connectivity index (χ0) is 14.6. The van der Waals surface area contributed by atoms with Gasteiger partial charge in [-0.2, -0.15) is 8.42 Å². The molecule has 0 saturated heterocycles. The molecule has 0 aliphatic rings. The first-order valence-corrected chi connectivity index (χ1v) is 7.21. The van der Waals surface area contributed by atoms with Crippen molar-refractivity contribution < 1.29 is 21.5 Å². The van der Waals surface area contributed by atoms with E-state index in [1.807, 2.05) is 13.8 Å². The van der Waals surface area contributed by atoms with Gasteiger partial charge >= 0.3 is 40.0 Å². The monoisotopic (exact) mass is 312 g/mol. The quantitative estimate of drug-likeness (QED) is 0.568. The van der Waals surface area contributed by atoms with Crippen molar-refractivity contribution in [3.63, 3.8) is 0 Å². The molecule has 0 N–H and O–H groups in total. The van der Waals surface area contributed by atoms with Crippen molar-refractivity contribution in [1.82, 2.24) is 0 Å². The number of hydrogen-bond acceptors (Lipinski definition) is 5. The van der Waals surface area contributed by atoms with Gasteiger partial charge in [0.2, 0.25) is 0 Å². The topological polar surface area (TPSA) is 61.8 Å². The van der Waals surface area contributed by atoms with Crippen LogP contribution in [0.5, 0.6) is 5.75 Å². The van der Waals surface area contributed by atoms with Gasteiger partial charge in [0.05, 0.1) is 6.61 Å². The SMILES string of the molecule is C=CCOS(=O)(=O)Oc1ccccc1.CCOCC.[NaH]. The van der Waals surface area contributed by atoms with Crippen molar-refractivity contribution in [1.29, 1.82) is 0 Å². The third kappa shape index (κ3) is 12.7. The molecule has 0 amide bonds. The fourth-order valence-electron chi connectivity index (χ4n) is 0.954. The molecule has 20 heavy (non-hydrogen) atoms. The van der Waals surface area contributed by atoms with Crippen LogP contribution in [0.3, 0.4) is 0 Å². The molecule has 0 atom stereocenters. The molecule has 0 heterocycles. The van der Waals surface area contributed by atoms with Gasteiger partial charge in [-0.05, 0) is 26.0 Å². The molecule has 0 unspecified atom stereocenters. The van der Waals surface area contributed by atoms with Crippen LogP contribution in [0.15, 0.2) is 43.0 Å². The van der Waals surface area contributed by atoms with Crippen LogP contribution in [0.2, 0.25) is 0 Å². The molecule has 0 aliphatic carbocycles. The third-order valence-corrected chi connectivity index (χ3v) is 2.50. The molecule has 1 aromatic carbocycles. The minimum atomic E-state index is -3.97. The first-order valence-electron chi connectivity index (χ1n) is 5.88. The molecular formula is C13H21NaO5S. The summed E-state index contributed by atoms with van der Waals surface area (Å²) in [5.74, 6) is 0.219. The van der Waals surface area contributed by atoms with Crippen molar-refractivity contribution in [2.75, 3.05) is 19.8 Å². The number of hydrogen-bond donors (Lipinski definition) is 0. The molecule has 7 heteroatoms. The van der Waals surface area contributed by atoms with Crippen LogP contribution < -0.4 is 4.18 Å². The zero-order valence-electron chi connectivity index (χ0n) is 11.2. The first kappa shape index (κ1) is 21.9. The third-order valence-electron chi connectivity index (χ3n) is 1.68. The minimum absolute atomic E-state index is 0. The van der Waals surface area contributed by atoms with E-state index in [1.165, 1.54) is 18.2 Å². The summed E-state index contributed by atoms with van der Waals surface area (Å²) in [4.78, 5) is 0. The standard InChI is InChI=1S/C9H10O4S.C4H10O.Na.H/c1-2-8-12-14(10,11)13-9-6-4-3-5-7-9;1-3-5-4-2;;/h2-7H,1,8H2;3-4H2,1-2H3;;. The summed E-state index contributed by atoms with van der Waals surface area (Å²) in [5, 5.41) is 0. The Kier molecular flexibility index (Phi) is 14.9. The summed E-state index contributed by atoms with van der Waals surface area (Å²) in [7, 11) is -3.97. The molecule has 1 aromatic rings. The molecule has 1 rings (SSSR count). The van der Waals surface area contributed by atoms with Crippen LogP contribution in [0.4, 0.5) is 0 Å². The fourth-order valence-corrected chi connectivity index (χ4v) is 1.61. The van der Waals surface area contributed by atoms with E-state index in [4.69, 9.17) is 4.74 Å². The first-order chi connectivity index (χ1) is 9.05. The van der Waals surface area contributed by atoms with E-state index in [0.29, 0.717) is 0 Å². The Bertz CT molecular complexity index is 431. The molecule has 0 fully saturated rings. The normalized spacial score (nSPS) is 9.70. The molecular weight excluding hydrogens is 291 g/mol. The van der Waals surface area contributed by atoms with Crippen LogP contribution in [0.25, 0.3) is 0 Å². The van der Waals surface area contributed by atoms with E-state index in [1.54, 1.807) is 18.2 Å². The van der Waals surface area contributed by atoms with Crippen molar-refractivity contribution in [3.8, 4) is 5.75 Å². The summed E-state index contributed by atoms with van der Waals surface area (Å²) < 4.78 is 36.0. The predicted molar refractivity (Wildman–Crippen MR) is 81.5 cm³/mol. The van der Waals surface area contributed by atoms with Crippen LogP contribution in [-0.4, -0.2) is 57.8 Å². The van der Waals surface area contributed by atoms with Crippen molar-refractivity contribution >= 4 is 40.0 Å². The van der Waals surface area contributed by atoms with Crippen molar-refractivity contribution in [2.24, 2.45) is 0 Å². The zero-order valence-corrected chi connectivity index (χ0v) is 12.1. The van der Waals surface area contributed by atoms with Gasteiger partial charge in [-0.1, -0.05) is 24.3 Å². The number of ether oxygens (including phenoxy) is 1. The second-order valence-corrected chi connectivity index (χ2v) is 4.38. The summed E-state index contributed by atoms with van der Waals surface area (Å²) in [6.45, 7) is 8.89. The van der Waals surface area contributed by atoms with Crippen molar-refractivity contribution in [2.45, 2.75) is 13.8 Å². The average molecular weight is 312 g/mol. The number of rotatable bonds is 7. The second-order valence-electron chi connectivity index (χ2n) is 3.16. The van der Waals surface area contributed by atoms with Gasteiger partial charge in [0, 0.05) is 13.2 Å². The van der Waals surface area contributed by atoms with Crippen LogP contribution >= 0.6 is 0 Å². The van der Waals surface area contributed by atoms with E-state index < -0.39 is 10.4 Å². The van der Waals surface area contributed by atoms with E-state index in [0.717, 1.165) is 13.2 Å². The van der Waals surface area contributed by atoms with Gasteiger partial charge in [0.1, 0.15) is 5.75 Å². The molecule has 0 aromatic heterocycles. The molecule has 0 saturated carbocycles. The van der Waals surface area contributed by atoms with Gasteiger partial charge < -0.3 is 8.92 Å². The molecule has 0 aliphatic heterocycles. The van der Waals surface area contributed by atoms with Gasteiger partial charge in [-0.15, -0.1) is 6.58 Å². The predicted octanol–water partition coefficient (Wildman–Crippen LogP) is 1.91. The van der Waals surface area contributed by atoms with Gasteiger partial charge in [0.25, 0.3) is 0 Å². The Labute approximate surface area is 143 Å². The Morgan fingerprint density at radius 3 is 2.10 bits per heavy atom. The Balaban J connectivity index is 0. The van der Waals surface area contributed by atoms with Gasteiger partial charge in [-0.3, -0.25) is 0 Å². The number of para-hydroxylation sites is 1. The molecule has 0 bridgehead atoms. The number of benzene rings is 1. The molecule has 0 spiro atoms. The summed E-state index contributed by atoms with van der Waals surface area (Å²) in [6, 6.07) is 8.13. The van der Waals surface area contributed by atoms with Crippen LogP contribution in [0, 0.1) is 0 Å². The maximum atomic E-state index is 11.1. The Hall–Kier alpha value is -0.370. The Morgan fingerprint density at radius 2 is 1.70 bits per heavy atom. The molecule has 5 nitrogen and oxygen atoms in total. The summed E-state index contributed by atoms with van der Waals surface area (Å²) in [6.07, 6.45) is 1.33. The molecule has 110 valence electrons. The van der Waals surface area contributed by atoms with Gasteiger partial charge in [-0.25, -0.2) is 4.18 Å². The average Bonchev–Trinajstić information content (AvgIpc) is 2.39. The summed E-state index contributed by atoms with van der Waals surface area (Å²) >= 11 is 0. The summed E-state index contributed by atoms with van der Waals surface area (Å²) in [5.41, 5.74) is 0. The maximum absolute atomic E-state index is 11.1. The Morgan fingerprint density at radius 1 is 1.15 bits per heavy atom.